The van der Waals surface area contributed by atoms with Crippen LogP contribution in [-0.2, 0) is 11.3 Å². The number of methoxy groups -OCH3 is 1. The van der Waals surface area contributed by atoms with Gasteiger partial charge in [-0.3, -0.25) is 4.79 Å². The highest BCUT2D eigenvalue weighted by Crippen LogP contribution is 2.35. The van der Waals surface area contributed by atoms with Crippen molar-refractivity contribution in [3.63, 3.8) is 0 Å². The lowest BCUT2D eigenvalue weighted by Gasteiger charge is -2.21. The minimum atomic E-state index is 0.232. The lowest BCUT2D eigenvalue weighted by molar-refractivity contribution is -0.127. The number of amides is 1. The average molecular weight is 255 g/mol. The summed E-state index contributed by atoms with van der Waals surface area (Å²) in [7, 11) is 1.66. The summed E-state index contributed by atoms with van der Waals surface area (Å²) in [5.41, 5.74) is 2.30. The number of likely N-dealkylation sites (tertiary alicyclic amines) is 1. The fourth-order valence-corrected chi connectivity index (χ4v) is 2.72. The number of fused-ring (bicyclic) bond motifs is 1. The second kappa shape index (κ2) is 4.92. The fraction of sp³-hybridized carbons (Fsp3) is 0.312. The van der Waals surface area contributed by atoms with Crippen LogP contribution in [0.25, 0.3) is 0 Å². The first-order chi connectivity index (χ1) is 9.28. The summed E-state index contributed by atoms with van der Waals surface area (Å²) in [5, 5.41) is 0. The van der Waals surface area contributed by atoms with Crippen LogP contribution in [0.2, 0.25) is 0 Å². The molecule has 3 heteroatoms. The zero-order chi connectivity index (χ0) is 13.2. The number of allylic oxidation sites excluding steroid dienone is 4. The molecule has 3 nitrogen and oxygen atoms in total. The van der Waals surface area contributed by atoms with Gasteiger partial charge in [-0.25, -0.2) is 0 Å². The van der Waals surface area contributed by atoms with Gasteiger partial charge in [-0.2, -0.15) is 0 Å². The Morgan fingerprint density at radius 1 is 1.32 bits per heavy atom. The fourth-order valence-electron chi connectivity index (χ4n) is 2.72. The van der Waals surface area contributed by atoms with E-state index in [1.807, 2.05) is 35.2 Å². The molecule has 0 bridgehead atoms. The minimum Gasteiger partial charge on any atom is -0.497 e. The SMILES string of the molecule is COc1ccc(CN2C(=O)CC3CC=CC=C32)cc1. The number of hydrogen-bond donors (Lipinski definition) is 0. The number of rotatable bonds is 3. The first kappa shape index (κ1) is 12.0. The first-order valence-corrected chi connectivity index (χ1v) is 6.58. The van der Waals surface area contributed by atoms with E-state index >= 15 is 0 Å². The van der Waals surface area contributed by atoms with Gasteiger partial charge in [0.1, 0.15) is 5.75 Å². The molecular formula is C16H17NO2. The van der Waals surface area contributed by atoms with E-state index in [9.17, 15) is 4.79 Å². The number of ether oxygens (including phenoxy) is 1. The number of nitrogens with zero attached hydrogens (tertiary/aromatic N) is 1. The van der Waals surface area contributed by atoms with E-state index in [1.165, 1.54) is 5.70 Å². The summed E-state index contributed by atoms with van der Waals surface area (Å²) in [6, 6.07) is 7.89. The van der Waals surface area contributed by atoms with Crippen molar-refractivity contribution in [1.82, 2.24) is 4.90 Å². The molecule has 19 heavy (non-hydrogen) atoms. The predicted molar refractivity (Wildman–Crippen MR) is 73.5 cm³/mol. The van der Waals surface area contributed by atoms with Crippen LogP contribution in [0.5, 0.6) is 5.75 Å². The van der Waals surface area contributed by atoms with Gasteiger partial charge in [-0.15, -0.1) is 0 Å². The number of benzene rings is 1. The molecule has 1 unspecified atom stereocenters. The van der Waals surface area contributed by atoms with E-state index in [-0.39, 0.29) is 5.91 Å². The van der Waals surface area contributed by atoms with Gasteiger partial charge in [0.05, 0.1) is 13.7 Å². The summed E-state index contributed by atoms with van der Waals surface area (Å²) >= 11 is 0. The van der Waals surface area contributed by atoms with E-state index in [0.717, 1.165) is 17.7 Å². The molecule has 1 heterocycles. The van der Waals surface area contributed by atoms with Gasteiger partial charge in [0.2, 0.25) is 5.91 Å². The van der Waals surface area contributed by atoms with Crippen molar-refractivity contribution in [2.24, 2.45) is 5.92 Å². The summed E-state index contributed by atoms with van der Waals surface area (Å²) in [4.78, 5) is 14.0. The van der Waals surface area contributed by atoms with Crippen LogP contribution in [0.1, 0.15) is 18.4 Å². The lowest BCUT2D eigenvalue weighted by atomic mass is 9.97. The van der Waals surface area contributed by atoms with Crippen molar-refractivity contribution in [3.8, 4) is 5.75 Å². The molecule has 1 aliphatic heterocycles. The molecule has 98 valence electrons. The van der Waals surface area contributed by atoms with E-state index in [4.69, 9.17) is 4.74 Å². The highest BCUT2D eigenvalue weighted by Gasteiger charge is 2.34. The molecule has 0 spiro atoms. The topological polar surface area (TPSA) is 29.5 Å². The van der Waals surface area contributed by atoms with E-state index < -0.39 is 0 Å². The Balaban J connectivity index is 1.79. The minimum absolute atomic E-state index is 0.232. The van der Waals surface area contributed by atoms with Crippen molar-refractivity contribution in [1.29, 1.82) is 0 Å². The number of hydrogen-bond acceptors (Lipinski definition) is 2. The van der Waals surface area contributed by atoms with Crippen molar-refractivity contribution in [2.75, 3.05) is 7.11 Å². The Morgan fingerprint density at radius 2 is 2.11 bits per heavy atom. The van der Waals surface area contributed by atoms with Gasteiger partial charge in [0.15, 0.2) is 0 Å². The molecule has 1 aliphatic carbocycles. The van der Waals surface area contributed by atoms with Crippen molar-refractivity contribution in [2.45, 2.75) is 19.4 Å². The standard InChI is InChI=1S/C16H17NO2/c1-19-14-8-6-12(7-9-14)11-17-15-5-3-2-4-13(15)10-16(17)18/h2-3,5-9,13H,4,10-11H2,1H3. The maximum absolute atomic E-state index is 12.1. The number of carbonyl (C=O) groups excluding carboxylic acids is 1. The Hall–Kier alpha value is -2.03. The monoisotopic (exact) mass is 255 g/mol. The molecule has 0 radical (unpaired) electrons. The zero-order valence-electron chi connectivity index (χ0n) is 11.0. The molecule has 1 aromatic rings. The van der Waals surface area contributed by atoms with Gasteiger partial charge in [0.25, 0.3) is 0 Å². The highest BCUT2D eigenvalue weighted by molar-refractivity contribution is 5.82. The van der Waals surface area contributed by atoms with Gasteiger partial charge in [-0.1, -0.05) is 24.3 Å². The van der Waals surface area contributed by atoms with Crippen LogP contribution in [0, 0.1) is 5.92 Å². The van der Waals surface area contributed by atoms with Gasteiger partial charge in [0, 0.05) is 18.0 Å². The van der Waals surface area contributed by atoms with Gasteiger partial charge >= 0.3 is 0 Å². The second-order valence-electron chi connectivity index (χ2n) is 4.98. The zero-order valence-corrected chi connectivity index (χ0v) is 11.0. The quantitative estimate of drug-likeness (QED) is 0.831. The molecule has 0 saturated carbocycles. The molecule has 1 atom stereocenters. The molecule has 0 N–H and O–H groups in total. The summed E-state index contributed by atoms with van der Waals surface area (Å²) < 4.78 is 5.15. The summed E-state index contributed by atoms with van der Waals surface area (Å²) in [5.74, 6) is 1.46. The van der Waals surface area contributed by atoms with E-state index in [2.05, 4.69) is 12.2 Å². The van der Waals surface area contributed by atoms with Crippen molar-refractivity contribution < 1.29 is 9.53 Å². The average Bonchev–Trinajstić information content (AvgIpc) is 2.76. The Bertz CT molecular complexity index is 542. The first-order valence-electron chi connectivity index (χ1n) is 6.58. The Morgan fingerprint density at radius 3 is 2.84 bits per heavy atom. The lowest BCUT2D eigenvalue weighted by Crippen LogP contribution is -2.23. The molecule has 1 amide bonds. The smallest absolute Gasteiger partial charge is 0.227 e. The molecule has 1 aromatic carbocycles. The number of carbonyl (C=O) groups is 1. The molecule has 1 saturated heterocycles. The van der Waals surface area contributed by atoms with E-state index in [1.54, 1.807) is 7.11 Å². The Kier molecular flexibility index (Phi) is 3.11. The van der Waals surface area contributed by atoms with Crippen LogP contribution >= 0.6 is 0 Å². The van der Waals surface area contributed by atoms with E-state index in [0.29, 0.717) is 18.9 Å². The van der Waals surface area contributed by atoms with Crippen LogP contribution in [0.15, 0.2) is 48.2 Å². The Labute approximate surface area is 113 Å². The summed E-state index contributed by atoms with van der Waals surface area (Å²) in [6.07, 6.45) is 7.88. The van der Waals surface area contributed by atoms with Crippen molar-refractivity contribution in [3.05, 3.63) is 53.8 Å². The van der Waals surface area contributed by atoms with Gasteiger partial charge < -0.3 is 9.64 Å². The third-order valence-corrected chi connectivity index (χ3v) is 3.78. The third kappa shape index (κ3) is 2.28. The molecular weight excluding hydrogens is 238 g/mol. The molecule has 0 aromatic heterocycles. The molecule has 2 aliphatic rings. The summed E-state index contributed by atoms with van der Waals surface area (Å²) in [6.45, 7) is 0.652. The van der Waals surface area contributed by atoms with Crippen LogP contribution in [-0.4, -0.2) is 17.9 Å². The molecule has 1 fully saturated rings. The third-order valence-electron chi connectivity index (χ3n) is 3.78. The largest absolute Gasteiger partial charge is 0.497 e. The highest BCUT2D eigenvalue weighted by atomic mass is 16.5. The van der Waals surface area contributed by atoms with Crippen LogP contribution < -0.4 is 4.74 Å². The predicted octanol–water partition coefficient (Wildman–Crippen LogP) is 2.89. The van der Waals surface area contributed by atoms with Gasteiger partial charge in [-0.05, 0) is 30.2 Å². The van der Waals surface area contributed by atoms with Crippen molar-refractivity contribution >= 4 is 5.91 Å². The maximum atomic E-state index is 12.1. The normalized spacial score (nSPS) is 21.3. The van der Waals surface area contributed by atoms with Crippen LogP contribution in [0.3, 0.4) is 0 Å². The van der Waals surface area contributed by atoms with Crippen LogP contribution in [0.4, 0.5) is 0 Å². The second-order valence-corrected chi connectivity index (χ2v) is 4.98. The molecule has 3 rings (SSSR count). The maximum Gasteiger partial charge on any atom is 0.227 e.